The van der Waals surface area contributed by atoms with Crippen LogP contribution in [0.15, 0.2) is 85.1 Å². The Hall–Kier alpha value is -13.6. The maximum atomic E-state index is 15.4. The van der Waals surface area contributed by atoms with Crippen molar-refractivity contribution < 1.29 is 149 Å². The van der Waals surface area contributed by atoms with E-state index in [2.05, 4.69) is 63.5 Å². The average Bonchev–Trinajstić information content (AvgIpc) is 1.52. The third-order valence-electron chi connectivity index (χ3n) is 22.9. The molecule has 18 N–H and O–H groups in total. The molecule has 5 heterocycles. The molecule has 8 rings (SSSR count). The molecule has 764 valence electrons. The van der Waals surface area contributed by atoms with Crippen LogP contribution in [0.25, 0.3) is 10.9 Å². The van der Waals surface area contributed by atoms with E-state index in [1.807, 2.05) is 6.92 Å². The molecule has 4 saturated heterocycles. The number of nitrogens with zero attached hydrogens (tertiary/aromatic N) is 7. The van der Waals surface area contributed by atoms with Crippen LogP contribution in [-0.4, -0.2) is 408 Å². The fraction of sp³-hybridized carbons (Fsp3) is 0.562. The average molecular weight is 1970 g/mol. The molecule has 4 aliphatic rings. The predicted molar refractivity (Wildman–Crippen MR) is 484 cm³/mol. The van der Waals surface area contributed by atoms with Gasteiger partial charge in [0.2, 0.25) is 70.9 Å². The van der Waals surface area contributed by atoms with E-state index in [9.17, 15) is 111 Å². The summed E-state index contributed by atoms with van der Waals surface area (Å²) in [6, 6.07) is 9.81. The Morgan fingerprint density at radius 2 is 1.04 bits per heavy atom. The van der Waals surface area contributed by atoms with Crippen molar-refractivity contribution in [3.8, 4) is 0 Å². The fourth-order valence-corrected chi connectivity index (χ4v) is 15.5. The number of fused-ring (bicyclic) bond motifs is 2. The molecule has 14 amide bonds. The number of urea groups is 1. The highest BCUT2D eigenvalue weighted by molar-refractivity contribution is 6.00. The van der Waals surface area contributed by atoms with E-state index in [-0.39, 0.29) is 208 Å². The highest BCUT2D eigenvalue weighted by Gasteiger charge is 2.42. The second kappa shape index (κ2) is 58.2. The number of nitrogens with one attached hydrogen (secondary N) is 12. The van der Waals surface area contributed by atoms with Crippen LogP contribution in [0.4, 0.5) is 18.0 Å². The molecular formula is C89H124F3N19O28. The van der Waals surface area contributed by atoms with E-state index < -0.39 is 193 Å². The smallest absolute Gasteiger partial charge is 0.481 e. The summed E-state index contributed by atoms with van der Waals surface area (Å²) < 4.78 is 48.7. The number of likely N-dealkylation sites (N-methyl/N-ethyl adjacent to an activating group) is 1. The number of H-pyrrole nitrogens is 1. The first-order valence-corrected chi connectivity index (χ1v) is 45.4. The summed E-state index contributed by atoms with van der Waals surface area (Å²) in [7, 11) is 1.30. The summed E-state index contributed by atoms with van der Waals surface area (Å²) in [5.74, 6) is -18.9. The van der Waals surface area contributed by atoms with Gasteiger partial charge in [-0.3, -0.25) is 101 Å². The van der Waals surface area contributed by atoms with Crippen LogP contribution >= 0.6 is 0 Å². The van der Waals surface area contributed by atoms with Gasteiger partial charge in [-0.15, -0.1) is 0 Å². The first-order valence-electron chi connectivity index (χ1n) is 45.4. The Bertz CT molecular complexity index is 4810. The normalized spacial score (nSPS) is 20.5. The maximum absolute atomic E-state index is 15.4. The van der Waals surface area contributed by atoms with Crippen LogP contribution in [-0.2, 0) is 126 Å². The number of carbonyl (C=O) groups is 19. The maximum Gasteiger partial charge on any atom is 0.490 e. The molecular weight excluding hydrogens is 1840 g/mol. The molecule has 0 bridgehead atoms. The molecule has 47 nitrogen and oxygen atoms in total. The van der Waals surface area contributed by atoms with Gasteiger partial charge in [-0.2, -0.15) is 13.2 Å². The van der Waals surface area contributed by atoms with Crippen molar-refractivity contribution in [2.45, 2.75) is 151 Å². The molecule has 4 fully saturated rings. The molecule has 4 aromatic rings. The number of benzene rings is 3. The van der Waals surface area contributed by atoms with Crippen molar-refractivity contribution in [1.29, 1.82) is 0 Å². The minimum atomic E-state index is -5.08. The second-order valence-electron chi connectivity index (χ2n) is 33.3. The molecule has 0 radical (unpaired) electrons. The predicted octanol–water partition coefficient (Wildman–Crippen LogP) is -3.61. The lowest BCUT2D eigenvalue weighted by molar-refractivity contribution is -0.192. The van der Waals surface area contributed by atoms with Crippen molar-refractivity contribution in [2.24, 2.45) is 0 Å². The number of carbonyl (C=O) groups excluding carboxylic acids is 13. The molecule has 0 aliphatic carbocycles. The SMILES string of the molecule is CCCOCC[C@@H]1NC(=O)[C@H](Cc2ccc(CNC(=O)COCCOCCNC(=O)CCC(C(=O)O)N3CCN(CC(=O)O)CCN(CC(=O)O)CC3)cc2)NC(=O)[C@H](Cc2ccccc2)N(C)C(=O)CNC(=O)CNC(=O)[C@H]2CCCN2C(=O)[C@H](CC(=O)O)NC(=O)[C@H](CCCCNC(=O)N2CCN(CC(=O)O)CC2)NC(=O)CNC(=O)[C@H](Cc2c[nH]c3ccccc23)NC1=O.O=C(O)C(F)(F)F. The molecule has 1 aromatic heterocycles. The summed E-state index contributed by atoms with van der Waals surface area (Å²) >= 11 is 0. The van der Waals surface area contributed by atoms with Crippen LogP contribution in [0.3, 0.4) is 0 Å². The zero-order valence-electron chi connectivity index (χ0n) is 77.2. The lowest BCUT2D eigenvalue weighted by Crippen LogP contribution is -2.60. The Morgan fingerprint density at radius 3 is 1.67 bits per heavy atom. The van der Waals surface area contributed by atoms with Crippen molar-refractivity contribution in [2.75, 3.05) is 171 Å². The lowest BCUT2D eigenvalue weighted by atomic mass is 10.00. The summed E-state index contributed by atoms with van der Waals surface area (Å²) in [6.07, 6.45) is -4.70. The van der Waals surface area contributed by atoms with Crippen LogP contribution in [0, 0.1) is 0 Å². The van der Waals surface area contributed by atoms with E-state index in [1.54, 1.807) is 105 Å². The molecule has 8 atom stereocenters. The summed E-state index contributed by atoms with van der Waals surface area (Å²) in [5.41, 5.74) is 2.75. The van der Waals surface area contributed by atoms with Gasteiger partial charge in [0.25, 0.3) is 0 Å². The fourth-order valence-electron chi connectivity index (χ4n) is 15.5. The van der Waals surface area contributed by atoms with Gasteiger partial charge in [0.15, 0.2) is 0 Å². The Morgan fingerprint density at radius 1 is 0.496 bits per heavy atom. The van der Waals surface area contributed by atoms with Gasteiger partial charge >= 0.3 is 48.0 Å². The second-order valence-corrected chi connectivity index (χ2v) is 33.3. The van der Waals surface area contributed by atoms with E-state index in [0.29, 0.717) is 52.7 Å². The molecule has 4 aliphatic heterocycles. The monoisotopic (exact) mass is 1960 g/mol. The number of carboxylic acids is 6. The quantitative estimate of drug-likeness (QED) is 0.0192. The van der Waals surface area contributed by atoms with Gasteiger partial charge in [0.05, 0.1) is 65.5 Å². The molecule has 0 spiro atoms. The summed E-state index contributed by atoms with van der Waals surface area (Å²) in [4.78, 5) is 267. The van der Waals surface area contributed by atoms with Crippen molar-refractivity contribution in [1.82, 2.24) is 97.8 Å². The number of aliphatic carboxylic acids is 6. The molecule has 3 aromatic carbocycles. The number of alkyl halides is 3. The zero-order chi connectivity index (χ0) is 102. The number of halogens is 3. The third-order valence-corrected chi connectivity index (χ3v) is 22.9. The molecule has 1 unspecified atom stereocenters. The minimum absolute atomic E-state index is 0.00764. The number of piperazine rings is 1. The summed E-state index contributed by atoms with van der Waals surface area (Å²) in [5, 5.41) is 85.2. The first kappa shape index (κ1) is 112. The van der Waals surface area contributed by atoms with E-state index in [4.69, 9.17) is 24.1 Å². The highest BCUT2D eigenvalue weighted by atomic mass is 19.4. The molecule has 139 heavy (non-hydrogen) atoms. The number of hydrogen-bond donors (Lipinski definition) is 18. The van der Waals surface area contributed by atoms with Crippen LogP contribution < -0.4 is 58.5 Å². The van der Waals surface area contributed by atoms with Crippen LogP contribution in [0.1, 0.15) is 93.4 Å². The number of aromatic nitrogens is 1. The number of hydrogen-bond acceptors (Lipinski definition) is 26. The van der Waals surface area contributed by atoms with Crippen molar-refractivity contribution >= 4 is 124 Å². The number of amides is 14. The number of para-hydroxylation sites is 1. The first-order chi connectivity index (χ1) is 66.2. The number of carboxylic acid groups (broad SMARTS) is 6. The van der Waals surface area contributed by atoms with Crippen LogP contribution in [0.2, 0.25) is 0 Å². The zero-order valence-corrected chi connectivity index (χ0v) is 77.2. The van der Waals surface area contributed by atoms with Gasteiger partial charge in [0, 0.05) is 155 Å². The Balaban J connectivity index is 0.00000361. The standard InChI is InChI=1S/C87H123N19O26.C2HF3O2/c1-3-38-130-39-24-63-81(122)97-65(45-59-48-90-61-15-8-7-14-60(59)61)79(120)93-50-72(109)95-62(16-9-10-25-89-87(129)105-36-32-103(33-37-105)54-78(118)119)80(121)99-66(46-75(112)113)85(126)106-27-11-17-67(106)83(124)94-49-71(108)92-51-74(111)100(2)69(44-56-12-5-4-6-13-56)84(125)98-64(82(123)96-63)43-57-18-20-58(21-19-57)47-91-73(110)55-132-42-41-131-40-26-88-70(107)23-22-68(86(127)128)104-34-30-101(52-76(114)115)28-29-102(31-35-104)53-77(116)117;3-2(4,5)1(6)7/h4-8,12-15,18-21,48,62-69,90H,3,9-11,16-17,22-47,49-55H2,1-2H3,(H,88,107)(H,89,129)(H,91,110)(H,92,108)(H,93,120)(H,94,124)(H,95,109)(H,96,123)(H,97,122)(H,98,125)(H,99,121)(H,112,113)(H,114,115)(H,116,117)(H,118,119)(H,127,128);(H,6,7)/t62-,63-,64-,65-,66-,67+,68?,69-;/m0./s1. The number of ether oxygens (including phenoxy) is 3. The van der Waals surface area contributed by atoms with Gasteiger partial charge in [-0.05, 0) is 79.7 Å². The number of rotatable bonds is 39. The van der Waals surface area contributed by atoms with Gasteiger partial charge in [-0.25, -0.2) is 9.59 Å². The van der Waals surface area contributed by atoms with E-state index >= 15 is 14.4 Å². The Kier molecular flexibility index (Phi) is 47.1. The third kappa shape index (κ3) is 40.2. The topological polar surface area (TPSA) is 644 Å². The number of aromatic amines is 1. The van der Waals surface area contributed by atoms with Crippen molar-refractivity contribution in [3.05, 3.63) is 107 Å². The van der Waals surface area contributed by atoms with E-state index in [0.717, 1.165) is 9.80 Å². The van der Waals surface area contributed by atoms with Crippen LogP contribution in [0.5, 0.6) is 0 Å². The Labute approximate surface area is 797 Å². The molecule has 0 saturated carbocycles. The van der Waals surface area contributed by atoms with Gasteiger partial charge in [0.1, 0.15) is 54.9 Å². The largest absolute Gasteiger partial charge is 0.490 e. The molecule has 50 heteroatoms. The van der Waals surface area contributed by atoms with Gasteiger partial charge < -0.3 is 123 Å². The minimum Gasteiger partial charge on any atom is -0.481 e. The highest BCUT2D eigenvalue weighted by Crippen LogP contribution is 2.24. The van der Waals surface area contributed by atoms with Crippen molar-refractivity contribution in [3.63, 3.8) is 0 Å². The van der Waals surface area contributed by atoms with E-state index in [1.165, 1.54) is 11.9 Å². The summed E-state index contributed by atoms with van der Waals surface area (Å²) in [6.45, 7) is 0.859. The van der Waals surface area contributed by atoms with Gasteiger partial charge in [-0.1, -0.05) is 79.7 Å². The number of unbranched alkanes of at least 4 members (excludes halogenated alkanes) is 1. The lowest BCUT2D eigenvalue weighted by Gasteiger charge is -2.33.